The van der Waals surface area contributed by atoms with Gasteiger partial charge in [-0.3, -0.25) is 0 Å². The molecular formula is C14H22O2P+. The molecule has 94 valence electrons. The van der Waals surface area contributed by atoms with Gasteiger partial charge in [0.2, 0.25) is 5.30 Å². The Morgan fingerprint density at radius 2 is 1.94 bits per heavy atom. The van der Waals surface area contributed by atoms with Crippen molar-refractivity contribution in [1.82, 2.24) is 0 Å². The number of hydrogen-bond donors (Lipinski definition) is 1. The summed E-state index contributed by atoms with van der Waals surface area (Å²) in [5.74, 6) is 0.420. The topological polar surface area (TPSA) is 37.3 Å². The predicted molar refractivity (Wildman–Crippen MR) is 73.1 cm³/mol. The molecule has 1 N–H and O–H groups in total. The molecule has 2 nitrogen and oxygen atoms in total. The molecule has 1 aromatic carbocycles. The van der Waals surface area contributed by atoms with Crippen molar-refractivity contribution in [2.45, 2.75) is 51.9 Å². The largest absolute Gasteiger partial charge is 0.546 e. The third-order valence-electron chi connectivity index (χ3n) is 3.23. The van der Waals surface area contributed by atoms with Crippen LogP contribution in [-0.4, -0.2) is 4.89 Å². The van der Waals surface area contributed by atoms with E-state index < -0.39 is 8.03 Å². The fourth-order valence-corrected chi connectivity index (χ4v) is 2.92. The first-order valence-corrected chi connectivity index (χ1v) is 7.67. The summed E-state index contributed by atoms with van der Waals surface area (Å²) < 4.78 is 11.3. The predicted octanol–water partition coefficient (Wildman–Crippen LogP) is 4.12. The van der Waals surface area contributed by atoms with Gasteiger partial charge in [-0.2, -0.15) is 4.89 Å². The molecule has 3 heteroatoms. The average Bonchev–Trinajstić information content (AvgIpc) is 2.35. The first-order chi connectivity index (χ1) is 8.20. The van der Waals surface area contributed by atoms with Gasteiger partial charge in [0.05, 0.1) is 0 Å². The Labute approximate surface area is 105 Å². The highest BCUT2D eigenvalue weighted by atomic mass is 31.1. The Balaban J connectivity index is 2.83. The highest BCUT2D eigenvalue weighted by Crippen LogP contribution is 2.28. The molecule has 0 radical (unpaired) electrons. The Morgan fingerprint density at radius 1 is 1.24 bits per heavy atom. The Kier molecular flexibility index (Phi) is 6.39. The molecule has 2 atom stereocenters. The number of rotatable bonds is 7. The molecule has 0 spiro atoms. The van der Waals surface area contributed by atoms with E-state index in [-0.39, 0.29) is 0 Å². The molecule has 0 aliphatic rings. The second kappa shape index (κ2) is 7.58. The van der Waals surface area contributed by atoms with Crippen molar-refractivity contribution in [3.8, 4) is 0 Å². The van der Waals surface area contributed by atoms with E-state index in [4.69, 9.17) is 0 Å². The van der Waals surface area contributed by atoms with Gasteiger partial charge in [-0.15, -0.1) is 0 Å². The summed E-state index contributed by atoms with van der Waals surface area (Å²) in [5.41, 5.74) is 1.06. The molecule has 0 saturated heterocycles. The van der Waals surface area contributed by atoms with Crippen LogP contribution in [0.4, 0.5) is 0 Å². The van der Waals surface area contributed by atoms with Gasteiger partial charge >= 0.3 is 8.03 Å². The lowest BCUT2D eigenvalue weighted by atomic mass is 9.91. The van der Waals surface area contributed by atoms with Crippen molar-refractivity contribution >= 4 is 13.3 Å². The smallest absolute Gasteiger partial charge is 0.156 e. The maximum Gasteiger partial charge on any atom is 0.546 e. The molecule has 1 aromatic rings. The Hall–Kier alpha value is -0.720. The third-order valence-corrected chi connectivity index (χ3v) is 4.05. The zero-order chi connectivity index (χ0) is 12.7. The van der Waals surface area contributed by atoms with Crippen LogP contribution in [0, 0.1) is 0 Å². The van der Waals surface area contributed by atoms with Crippen LogP contribution in [-0.2, 0) is 4.57 Å². The summed E-state index contributed by atoms with van der Waals surface area (Å²) in [4.78, 5) is 9.33. The van der Waals surface area contributed by atoms with Crippen molar-refractivity contribution in [3.05, 3.63) is 29.8 Å². The summed E-state index contributed by atoms with van der Waals surface area (Å²) >= 11 is 0. The van der Waals surface area contributed by atoms with Gasteiger partial charge < -0.3 is 0 Å². The van der Waals surface area contributed by atoms with E-state index in [2.05, 4.69) is 13.8 Å². The molecular weight excluding hydrogens is 231 g/mol. The Bertz CT molecular complexity index is 363. The van der Waals surface area contributed by atoms with E-state index in [1.54, 1.807) is 6.07 Å². The summed E-state index contributed by atoms with van der Waals surface area (Å²) in [6, 6.07) is 7.57. The van der Waals surface area contributed by atoms with E-state index >= 15 is 0 Å². The quantitative estimate of drug-likeness (QED) is 0.586. The van der Waals surface area contributed by atoms with Gasteiger partial charge in [0.25, 0.3) is 0 Å². The van der Waals surface area contributed by atoms with Crippen molar-refractivity contribution < 1.29 is 9.46 Å². The molecule has 0 aliphatic carbocycles. The van der Waals surface area contributed by atoms with E-state index in [9.17, 15) is 9.46 Å². The van der Waals surface area contributed by atoms with Crippen LogP contribution in [0.1, 0.15) is 57.4 Å². The van der Waals surface area contributed by atoms with Crippen LogP contribution in [0.15, 0.2) is 24.3 Å². The van der Waals surface area contributed by atoms with Crippen molar-refractivity contribution in [2.24, 2.45) is 0 Å². The number of benzene rings is 1. The highest BCUT2D eigenvalue weighted by Gasteiger charge is 2.24. The van der Waals surface area contributed by atoms with Crippen LogP contribution in [0.2, 0.25) is 0 Å². The second-order valence-corrected chi connectivity index (χ2v) is 5.46. The summed E-state index contributed by atoms with van der Waals surface area (Å²) in [7, 11) is -2.22. The maximum absolute atomic E-state index is 11.3. The van der Waals surface area contributed by atoms with Gasteiger partial charge in [0.15, 0.2) is 0 Å². The van der Waals surface area contributed by atoms with Crippen LogP contribution in [0.3, 0.4) is 0 Å². The average molecular weight is 253 g/mol. The molecule has 0 fully saturated rings. The lowest BCUT2D eigenvalue weighted by Crippen LogP contribution is -2.10. The van der Waals surface area contributed by atoms with E-state index in [1.807, 2.05) is 18.2 Å². The first kappa shape index (κ1) is 14.3. The fourth-order valence-electron chi connectivity index (χ4n) is 2.23. The van der Waals surface area contributed by atoms with E-state index in [0.29, 0.717) is 11.2 Å². The molecule has 0 heterocycles. The van der Waals surface area contributed by atoms with E-state index in [1.165, 1.54) is 19.3 Å². The lowest BCUT2D eigenvalue weighted by Gasteiger charge is -2.14. The van der Waals surface area contributed by atoms with Gasteiger partial charge in [-0.1, -0.05) is 51.3 Å². The van der Waals surface area contributed by atoms with Crippen molar-refractivity contribution in [1.29, 1.82) is 0 Å². The van der Waals surface area contributed by atoms with E-state index in [0.717, 1.165) is 18.4 Å². The van der Waals surface area contributed by atoms with Crippen LogP contribution in [0.25, 0.3) is 0 Å². The van der Waals surface area contributed by atoms with Crippen molar-refractivity contribution in [3.63, 3.8) is 0 Å². The molecule has 0 bridgehead atoms. The summed E-state index contributed by atoms with van der Waals surface area (Å²) in [5, 5.41) is 0.617. The minimum absolute atomic E-state index is 0.420. The molecule has 0 amide bonds. The summed E-state index contributed by atoms with van der Waals surface area (Å²) in [6.07, 6.45) is 5.80. The second-order valence-electron chi connectivity index (χ2n) is 4.43. The Morgan fingerprint density at radius 3 is 2.53 bits per heavy atom. The van der Waals surface area contributed by atoms with Crippen LogP contribution >= 0.6 is 8.03 Å². The minimum atomic E-state index is -2.22. The van der Waals surface area contributed by atoms with Crippen LogP contribution < -0.4 is 5.30 Å². The lowest BCUT2D eigenvalue weighted by molar-refractivity contribution is 0.511. The monoisotopic (exact) mass is 253 g/mol. The minimum Gasteiger partial charge on any atom is -0.156 e. The zero-order valence-corrected chi connectivity index (χ0v) is 11.6. The van der Waals surface area contributed by atoms with Crippen LogP contribution in [0.5, 0.6) is 0 Å². The third kappa shape index (κ3) is 4.22. The number of unbranched alkanes of at least 4 members (excludes halogenated alkanes) is 2. The van der Waals surface area contributed by atoms with Gasteiger partial charge in [-0.25, -0.2) is 0 Å². The molecule has 17 heavy (non-hydrogen) atoms. The highest BCUT2D eigenvalue weighted by molar-refractivity contribution is 7.47. The normalized spacial score (nSPS) is 13.5. The molecule has 2 unspecified atom stereocenters. The number of hydrogen-bond acceptors (Lipinski definition) is 1. The molecule has 0 saturated carbocycles. The standard InChI is InChI=1S/C14H21O2P/c1-3-5-6-9-12(4-2)13-10-7-8-11-14(13)17(15)16/h7-8,10-12H,3-6,9H2,1-2H3/p+1. The van der Waals surface area contributed by atoms with Crippen molar-refractivity contribution in [2.75, 3.05) is 0 Å². The SMILES string of the molecule is CCCCCC(CC)c1ccccc1[P+](=O)O. The molecule has 0 aliphatic heterocycles. The molecule has 1 rings (SSSR count). The summed E-state index contributed by atoms with van der Waals surface area (Å²) in [6.45, 7) is 4.34. The molecule has 0 aromatic heterocycles. The zero-order valence-electron chi connectivity index (χ0n) is 10.7. The maximum atomic E-state index is 11.3. The van der Waals surface area contributed by atoms with Gasteiger partial charge in [-0.05, 0) is 29.4 Å². The van der Waals surface area contributed by atoms with Gasteiger partial charge in [0, 0.05) is 5.56 Å². The first-order valence-electron chi connectivity index (χ1n) is 6.45. The van der Waals surface area contributed by atoms with Gasteiger partial charge in [0.1, 0.15) is 0 Å². The fraction of sp³-hybridized carbons (Fsp3) is 0.571.